The third kappa shape index (κ3) is 4.81. The molecule has 0 fully saturated rings. The third-order valence-corrected chi connectivity index (χ3v) is 3.51. The second kappa shape index (κ2) is 6.55. The van der Waals surface area contributed by atoms with Crippen LogP contribution in [0.1, 0.15) is 53.4 Å². The Hall–Kier alpha value is -0.340. The molecule has 1 rings (SSSR count). The fraction of sp³-hybridized carbons (Fsp3) is 0.867. The van der Waals surface area contributed by atoms with E-state index in [0.717, 1.165) is 19.4 Å². The van der Waals surface area contributed by atoms with Gasteiger partial charge in [0, 0.05) is 18.1 Å². The zero-order valence-corrected chi connectivity index (χ0v) is 12.0. The van der Waals surface area contributed by atoms with Crippen LogP contribution in [0.25, 0.3) is 0 Å². The van der Waals surface area contributed by atoms with Crippen molar-refractivity contribution in [1.82, 2.24) is 5.32 Å². The minimum Gasteiger partial charge on any atom is -0.329 e. The normalized spacial score (nSPS) is 17.6. The van der Waals surface area contributed by atoms with Crippen LogP contribution in [0, 0.1) is 11.8 Å². The first-order valence-electron chi connectivity index (χ1n) is 7.10. The summed E-state index contributed by atoms with van der Waals surface area (Å²) in [5.74, 6) is 1.39. The molecule has 0 spiro atoms. The molecule has 0 atom stereocenters. The number of hydrogen-bond donors (Lipinski definition) is 2. The Morgan fingerprint density at radius 3 is 1.94 bits per heavy atom. The maximum atomic E-state index is 6.10. The molecule has 0 aromatic carbocycles. The molecule has 0 aromatic heterocycles. The van der Waals surface area contributed by atoms with Gasteiger partial charge in [0.05, 0.1) is 0 Å². The first kappa shape index (κ1) is 14.7. The van der Waals surface area contributed by atoms with E-state index in [-0.39, 0.29) is 5.54 Å². The van der Waals surface area contributed by atoms with Gasteiger partial charge >= 0.3 is 0 Å². The first-order valence-corrected chi connectivity index (χ1v) is 7.10. The van der Waals surface area contributed by atoms with Crippen LogP contribution in [0.15, 0.2) is 12.2 Å². The summed E-state index contributed by atoms with van der Waals surface area (Å²) in [4.78, 5) is 0. The van der Waals surface area contributed by atoms with E-state index >= 15 is 0 Å². The lowest BCUT2D eigenvalue weighted by Gasteiger charge is -2.39. The minimum atomic E-state index is 0.138. The molecule has 0 unspecified atom stereocenters. The topological polar surface area (TPSA) is 38.0 Å². The van der Waals surface area contributed by atoms with Crippen molar-refractivity contribution in [2.45, 2.75) is 65.0 Å². The molecule has 0 aromatic rings. The van der Waals surface area contributed by atoms with Crippen molar-refractivity contribution in [3.05, 3.63) is 12.2 Å². The van der Waals surface area contributed by atoms with Gasteiger partial charge in [-0.1, -0.05) is 39.8 Å². The predicted octanol–water partition coefficient (Wildman–Crippen LogP) is 3.08. The molecule has 0 bridgehead atoms. The summed E-state index contributed by atoms with van der Waals surface area (Å²) in [6, 6.07) is 0.607. The fourth-order valence-electron chi connectivity index (χ4n) is 3.16. The van der Waals surface area contributed by atoms with Crippen LogP contribution in [0.2, 0.25) is 0 Å². The van der Waals surface area contributed by atoms with E-state index in [1.807, 2.05) is 0 Å². The zero-order valence-electron chi connectivity index (χ0n) is 12.0. The molecule has 17 heavy (non-hydrogen) atoms. The lowest BCUT2D eigenvalue weighted by atomic mass is 9.81. The van der Waals surface area contributed by atoms with Crippen LogP contribution >= 0.6 is 0 Å². The molecule has 100 valence electrons. The smallest absolute Gasteiger partial charge is 0.0311 e. The molecular weight excluding hydrogens is 208 g/mol. The second-order valence-electron chi connectivity index (χ2n) is 6.46. The molecule has 2 nitrogen and oxygen atoms in total. The molecule has 0 amide bonds. The molecule has 3 N–H and O–H groups in total. The maximum absolute atomic E-state index is 6.10. The van der Waals surface area contributed by atoms with Gasteiger partial charge in [0.15, 0.2) is 0 Å². The van der Waals surface area contributed by atoms with Gasteiger partial charge in [-0.15, -0.1) is 0 Å². The predicted molar refractivity (Wildman–Crippen MR) is 76.0 cm³/mol. The van der Waals surface area contributed by atoms with Crippen LogP contribution in [0.3, 0.4) is 0 Å². The Kier molecular flexibility index (Phi) is 5.68. The average molecular weight is 238 g/mol. The molecule has 0 aliphatic heterocycles. The molecule has 1 aliphatic carbocycles. The summed E-state index contributed by atoms with van der Waals surface area (Å²) < 4.78 is 0. The molecule has 0 saturated heterocycles. The largest absolute Gasteiger partial charge is 0.329 e. The van der Waals surface area contributed by atoms with Gasteiger partial charge in [-0.25, -0.2) is 0 Å². The van der Waals surface area contributed by atoms with Gasteiger partial charge in [-0.05, 0) is 37.5 Å². The molecule has 0 radical (unpaired) electrons. The van der Waals surface area contributed by atoms with Crippen molar-refractivity contribution < 1.29 is 0 Å². The highest BCUT2D eigenvalue weighted by Crippen LogP contribution is 2.26. The van der Waals surface area contributed by atoms with Gasteiger partial charge < -0.3 is 11.1 Å². The van der Waals surface area contributed by atoms with Gasteiger partial charge in [-0.3, -0.25) is 0 Å². The number of rotatable bonds is 7. The molecule has 2 heteroatoms. The number of nitrogens with one attached hydrogen (secondary N) is 1. The van der Waals surface area contributed by atoms with Crippen LogP contribution in [0.4, 0.5) is 0 Å². The highest BCUT2D eigenvalue weighted by molar-refractivity contribution is 5.02. The van der Waals surface area contributed by atoms with Crippen LogP contribution in [-0.4, -0.2) is 18.1 Å². The summed E-state index contributed by atoms with van der Waals surface area (Å²) in [5.41, 5.74) is 6.24. The van der Waals surface area contributed by atoms with E-state index in [9.17, 15) is 0 Å². The third-order valence-electron chi connectivity index (χ3n) is 3.51. The average Bonchev–Trinajstić information content (AvgIpc) is 2.68. The van der Waals surface area contributed by atoms with Crippen molar-refractivity contribution >= 4 is 0 Å². The van der Waals surface area contributed by atoms with E-state index in [1.54, 1.807) is 0 Å². The Morgan fingerprint density at radius 1 is 1.12 bits per heavy atom. The fourth-order valence-corrected chi connectivity index (χ4v) is 3.16. The lowest BCUT2D eigenvalue weighted by molar-refractivity contribution is 0.208. The van der Waals surface area contributed by atoms with Crippen LogP contribution in [-0.2, 0) is 0 Å². The van der Waals surface area contributed by atoms with Crippen molar-refractivity contribution in [2.24, 2.45) is 17.6 Å². The van der Waals surface area contributed by atoms with Crippen LogP contribution in [0.5, 0.6) is 0 Å². The Morgan fingerprint density at radius 2 is 1.59 bits per heavy atom. The van der Waals surface area contributed by atoms with Crippen molar-refractivity contribution in [3.63, 3.8) is 0 Å². The summed E-state index contributed by atoms with van der Waals surface area (Å²) in [5, 5.41) is 3.85. The molecule has 1 aliphatic rings. The maximum Gasteiger partial charge on any atom is 0.0311 e. The van der Waals surface area contributed by atoms with E-state index in [2.05, 4.69) is 45.2 Å². The first-order chi connectivity index (χ1) is 7.97. The monoisotopic (exact) mass is 238 g/mol. The molecule has 0 heterocycles. The Labute approximate surface area is 107 Å². The second-order valence-corrected chi connectivity index (χ2v) is 6.46. The number of hydrogen-bond acceptors (Lipinski definition) is 2. The van der Waals surface area contributed by atoms with Crippen molar-refractivity contribution in [3.8, 4) is 0 Å². The van der Waals surface area contributed by atoms with Crippen molar-refractivity contribution in [1.29, 1.82) is 0 Å². The van der Waals surface area contributed by atoms with E-state index in [4.69, 9.17) is 5.73 Å². The minimum absolute atomic E-state index is 0.138. The Balaban J connectivity index is 2.66. The highest BCUT2D eigenvalue weighted by Gasteiger charge is 2.32. The highest BCUT2D eigenvalue weighted by atomic mass is 15.0. The summed E-state index contributed by atoms with van der Waals surface area (Å²) in [6.45, 7) is 9.91. The van der Waals surface area contributed by atoms with Crippen LogP contribution < -0.4 is 11.1 Å². The summed E-state index contributed by atoms with van der Waals surface area (Å²) >= 11 is 0. The van der Waals surface area contributed by atoms with Gasteiger partial charge in [0.1, 0.15) is 0 Å². The lowest BCUT2D eigenvalue weighted by Crippen LogP contribution is -2.56. The van der Waals surface area contributed by atoms with E-state index < -0.39 is 0 Å². The van der Waals surface area contributed by atoms with Gasteiger partial charge in [0.25, 0.3) is 0 Å². The SMILES string of the molecule is CC(C)CC(CN)(CC(C)C)NC1CC=CC1. The Bertz CT molecular complexity index is 225. The van der Waals surface area contributed by atoms with Gasteiger partial charge in [-0.2, -0.15) is 0 Å². The summed E-state index contributed by atoms with van der Waals surface area (Å²) in [6.07, 6.45) is 9.25. The van der Waals surface area contributed by atoms with E-state index in [1.165, 1.54) is 12.8 Å². The van der Waals surface area contributed by atoms with Gasteiger partial charge in [0.2, 0.25) is 0 Å². The standard InChI is InChI=1S/C15H30N2/c1-12(2)9-15(11-16,10-13(3)4)17-14-7-5-6-8-14/h5-6,12-14,17H,7-11,16H2,1-4H3. The quantitative estimate of drug-likeness (QED) is 0.669. The molecular formula is C15H30N2. The zero-order chi connectivity index (χ0) is 12.9. The van der Waals surface area contributed by atoms with E-state index in [0.29, 0.717) is 17.9 Å². The number of nitrogens with two attached hydrogens (primary N) is 1. The summed E-state index contributed by atoms with van der Waals surface area (Å²) in [7, 11) is 0. The molecule has 0 saturated carbocycles. The van der Waals surface area contributed by atoms with Crippen molar-refractivity contribution in [2.75, 3.05) is 6.54 Å².